The Morgan fingerprint density at radius 1 is 1.18 bits per heavy atom. The zero-order chi connectivity index (χ0) is 12.9. The van der Waals surface area contributed by atoms with Crippen molar-refractivity contribution in [3.8, 4) is 0 Å². The minimum absolute atomic E-state index is 0.152. The van der Waals surface area contributed by atoms with Gasteiger partial charge in [-0.05, 0) is 12.8 Å². The average Bonchev–Trinajstić information content (AvgIpc) is 2.80. The van der Waals surface area contributed by atoms with Crippen LogP contribution in [0.4, 0.5) is 0 Å². The summed E-state index contributed by atoms with van der Waals surface area (Å²) in [4.78, 5) is 0. The summed E-state index contributed by atoms with van der Waals surface area (Å²) in [6.45, 7) is 5.20. The van der Waals surface area contributed by atoms with Crippen molar-refractivity contribution >= 4 is 21.8 Å². The molecule has 0 spiro atoms. The maximum Gasteiger partial charge on any atom is 0.282 e. The van der Waals surface area contributed by atoms with E-state index in [0.29, 0.717) is 25.5 Å². The third-order valence-corrected chi connectivity index (χ3v) is 5.78. The highest BCUT2D eigenvalue weighted by atomic mass is 35.5. The molecule has 4 nitrogen and oxygen atoms in total. The first-order valence-corrected chi connectivity index (χ1v) is 8.33. The van der Waals surface area contributed by atoms with Crippen molar-refractivity contribution in [1.29, 1.82) is 0 Å². The van der Waals surface area contributed by atoms with E-state index in [9.17, 15) is 8.42 Å². The Bertz CT molecular complexity index is 311. The lowest BCUT2D eigenvalue weighted by Crippen LogP contribution is -2.48. The molecule has 1 aliphatic carbocycles. The third kappa shape index (κ3) is 3.56. The second-order valence-corrected chi connectivity index (χ2v) is 6.59. The Morgan fingerprint density at radius 3 is 2.12 bits per heavy atom. The van der Waals surface area contributed by atoms with Gasteiger partial charge in [0.05, 0.1) is 0 Å². The highest BCUT2D eigenvalue weighted by molar-refractivity contribution is 7.86. The summed E-state index contributed by atoms with van der Waals surface area (Å²) in [6.07, 6.45) is 4.18. The van der Waals surface area contributed by atoms with E-state index >= 15 is 0 Å². The molecular formula is C11H23ClN2O2S. The molecule has 0 aromatic heterocycles. The van der Waals surface area contributed by atoms with Gasteiger partial charge in [-0.25, -0.2) is 0 Å². The molecule has 0 bridgehead atoms. The van der Waals surface area contributed by atoms with Crippen LogP contribution in [0.1, 0.15) is 39.5 Å². The van der Waals surface area contributed by atoms with Crippen LogP contribution in [0.25, 0.3) is 0 Å². The SMILES string of the molecule is CCN(CC)S(=O)(=O)N(CCCl)C1CCCC1. The molecule has 0 atom stereocenters. The Hall–Kier alpha value is 0.160. The second kappa shape index (κ2) is 6.92. The van der Waals surface area contributed by atoms with Crippen LogP contribution in [0.2, 0.25) is 0 Å². The molecule has 0 radical (unpaired) electrons. The first kappa shape index (κ1) is 15.2. The Labute approximate surface area is 110 Å². The van der Waals surface area contributed by atoms with E-state index < -0.39 is 10.2 Å². The van der Waals surface area contributed by atoms with Crippen molar-refractivity contribution in [3.05, 3.63) is 0 Å². The summed E-state index contributed by atoms with van der Waals surface area (Å²) in [5.74, 6) is 0.358. The van der Waals surface area contributed by atoms with Gasteiger partial charge in [-0.3, -0.25) is 0 Å². The van der Waals surface area contributed by atoms with Crippen LogP contribution in [0.15, 0.2) is 0 Å². The number of nitrogens with zero attached hydrogens (tertiary/aromatic N) is 2. The van der Waals surface area contributed by atoms with E-state index in [-0.39, 0.29) is 6.04 Å². The Morgan fingerprint density at radius 2 is 1.71 bits per heavy atom. The summed E-state index contributed by atoms with van der Waals surface area (Å²) in [7, 11) is -3.33. The number of halogens is 1. The van der Waals surface area contributed by atoms with Gasteiger partial charge in [0.2, 0.25) is 0 Å². The van der Waals surface area contributed by atoms with Crippen LogP contribution in [0.3, 0.4) is 0 Å². The standard InChI is InChI=1S/C11H23ClN2O2S/c1-3-13(4-2)17(15,16)14(10-9-12)11-7-5-6-8-11/h11H,3-10H2,1-2H3. The van der Waals surface area contributed by atoms with Gasteiger partial charge in [0.25, 0.3) is 10.2 Å². The van der Waals surface area contributed by atoms with E-state index in [1.54, 1.807) is 4.31 Å². The molecule has 0 aliphatic heterocycles. The van der Waals surface area contributed by atoms with Crippen LogP contribution < -0.4 is 0 Å². The van der Waals surface area contributed by atoms with Crippen molar-refractivity contribution in [1.82, 2.24) is 8.61 Å². The van der Waals surface area contributed by atoms with Gasteiger partial charge < -0.3 is 0 Å². The summed E-state index contributed by atoms with van der Waals surface area (Å²) in [5.41, 5.74) is 0. The van der Waals surface area contributed by atoms with Gasteiger partial charge in [0, 0.05) is 31.6 Å². The molecule has 0 aromatic rings. The van der Waals surface area contributed by atoms with E-state index in [2.05, 4.69) is 0 Å². The molecular weight excluding hydrogens is 260 g/mol. The quantitative estimate of drug-likeness (QED) is 0.671. The molecule has 0 amide bonds. The fourth-order valence-electron chi connectivity index (χ4n) is 2.46. The van der Waals surface area contributed by atoms with E-state index in [4.69, 9.17) is 11.6 Å². The van der Waals surface area contributed by atoms with Crippen LogP contribution in [-0.2, 0) is 10.2 Å². The van der Waals surface area contributed by atoms with Crippen LogP contribution in [-0.4, -0.2) is 48.6 Å². The lowest BCUT2D eigenvalue weighted by Gasteiger charge is -2.32. The second-order valence-electron chi connectivity index (χ2n) is 4.33. The maximum atomic E-state index is 12.5. The normalized spacial score (nSPS) is 18.4. The molecule has 0 saturated heterocycles. The monoisotopic (exact) mass is 282 g/mol. The van der Waals surface area contributed by atoms with E-state index in [0.717, 1.165) is 25.7 Å². The molecule has 0 N–H and O–H groups in total. The van der Waals surface area contributed by atoms with Gasteiger partial charge in [0.15, 0.2) is 0 Å². The number of rotatable bonds is 7. The Balaban J connectivity index is 2.87. The predicted molar refractivity (Wildman–Crippen MR) is 71.5 cm³/mol. The summed E-state index contributed by atoms with van der Waals surface area (Å²) in [6, 6.07) is 0.152. The van der Waals surface area contributed by atoms with Crippen molar-refractivity contribution < 1.29 is 8.42 Å². The molecule has 0 heterocycles. The predicted octanol–water partition coefficient (Wildman–Crippen LogP) is 2.06. The number of hydrogen-bond acceptors (Lipinski definition) is 2. The van der Waals surface area contributed by atoms with Gasteiger partial charge in [0.1, 0.15) is 0 Å². The molecule has 1 saturated carbocycles. The number of alkyl halides is 1. The molecule has 1 aliphatic rings. The van der Waals surface area contributed by atoms with Crippen LogP contribution in [0.5, 0.6) is 0 Å². The van der Waals surface area contributed by atoms with Gasteiger partial charge in [-0.1, -0.05) is 26.7 Å². The zero-order valence-electron chi connectivity index (χ0n) is 10.7. The van der Waals surface area contributed by atoms with E-state index in [1.807, 2.05) is 13.8 Å². The largest absolute Gasteiger partial charge is 0.282 e. The lowest BCUT2D eigenvalue weighted by atomic mass is 10.2. The highest BCUT2D eigenvalue weighted by Gasteiger charge is 2.34. The minimum atomic E-state index is -3.33. The smallest absolute Gasteiger partial charge is 0.195 e. The van der Waals surface area contributed by atoms with Crippen molar-refractivity contribution in [2.45, 2.75) is 45.6 Å². The first-order chi connectivity index (χ1) is 8.07. The van der Waals surface area contributed by atoms with Crippen LogP contribution in [0, 0.1) is 0 Å². The van der Waals surface area contributed by atoms with Crippen molar-refractivity contribution in [3.63, 3.8) is 0 Å². The van der Waals surface area contributed by atoms with Gasteiger partial charge in [-0.15, -0.1) is 11.6 Å². The molecule has 102 valence electrons. The molecule has 1 rings (SSSR count). The highest BCUT2D eigenvalue weighted by Crippen LogP contribution is 2.26. The van der Waals surface area contributed by atoms with Crippen molar-refractivity contribution in [2.24, 2.45) is 0 Å². The first-order valence-electron chi connectivity index (χ1n) is 6.40. The van der Waals surface area contributed by atoms with Gasteiger partial charge in [-0.2, -0.15) is 17.0 Å². The van der Waals surface area contributed by atoms with Crippen molar-refractivity contribution in [2.75, 3.05) is 25.5 Å². The molecule has 6 heteroatoms. The molecule has 17 heavy (non-hydrogen) atoms. The molecule has 1 fully saturated rings. The van der Waals surface area contributed by atoms with Gasteiger partial charge >= 0.3 is 0 Å². The van der Waals surface area contributed by atoms with E-state index in [1.165, 1.54) is 4.31 Å². The fraction of sp³-hybridized carbons (Fsp3) is 1.00. The zero-order valence-corrected chi connectivity index (χ0v) is 12.3. The third-order valence-electron chi connectivity index (χ3n) is 3.36. The summed E-state index contributed by atoms with van der Waals surface area (Å²) >= 11 is 5.75. The minimum Gasteiger partial charge on any atom is -0.195 e. The average molecular weight is 283 g/mol. The molecule has 0 unspecified atom stereocenters. The number of hydrogen-bond donors (Lipinski definition) is 0. The fourth-order valence-corrected chi connectivity index (χ4v) is 4.60. The Kier molecular flexibility index (Phi) is 6.20. The summed E-state index contributed by atoms with van der Waals surface area (Å²) in [5, 5.41) is 0. The van der Waals surface area contributed by atoms with Crippen LogP contribution >= 0.6 is 11.6 Å². The molecule has 0 aromatic carbocycles. The topological polar surface area (TPSA) is 40.6 Å². The lowest BCUT2D eigenvalue weighted by molar-refractivity contribution is 0.299. The maximum absolute atomic E-state index is 12.5. The summed E-state index contributed by atoms with van der Waals surface area (Å²) < 4.78 is 28.0.